The van der Waals surface area contributed by atoms with E-state index >= 15 is 0 Å². The van der Waals surface area contributed by atoms with Gasteiger partial charge in [0.15, 0.2) is 0 Å². The van der Waals surface area contributed by atoms with Crippen LogP contribution in [0, 0.1) is 29.6 Å². The molecule has 1 aromatic heterocycles. The standard InChI is InChI=1S/C22H27N3O/c26-22(21-19-8-17-7-18(10-19)11-20(21)9-17)24-12-15-1-3-16(4-2-15)13-25-6-5-23-14-25/h1-6,14,17-21H,7-13H2,(H,24,26). The van der Waals surface area contributed by atoms with Crippen molar-refractivity contribution in [1.82, 2.24) is 14.9 Å². The van der Waals surface area contributed by atoms with E-state index in [0.717, 1.165) is 18.4 Å². The summed E-state index contributed by atoms with van der Waals surface area (Å²) in [5, 5.41) is 3.24. The van der Waals surface area contributed by atoms with Gasteiger partial charge in [-0.15, -0.1) is 0 Å². The molecule has 136 valence electrons. The fourth-order valence-electron chi connectivity index (χ4n) is 6.01. The molecule has 4 aliphatic rings. The Kier molecular flexibility index (Phi) is 4.07. The van der Waals surface area contributed by atoms with Crippen LogP contribution in [0.1, 0.15) is 43.2 Å². The first-order valence-corrected chi connectivity index (χ1v) is 10.1. The highest BCUT2D eigenvalue weighted by molar-refractivity contribution is 5.79. The van der Waals surface area contributed by atoms with Crippen LogP contribution < -0.4 is 5.32 Å². The summed E-state index contributed by atoms with van der Waals surface area (Å²) in [6.45, 7) is 1.48. The van der Waals surface area contributed by atoms with E-state index < -0.39 is 0 Å². The van der Waals surface area contributed by atoms with Crippen LogP contribution in [0.25, 0.3) is 0 Å². The van der Waals surface area contributed by atoms with Gasteiger partial charge in [0.1, 0.15) is 0 Å². The predicted molar refractivity (Wildman–Crippen MR) is 100 cm³/mol. The van der Waals surface area contributed by atoms with Gasteiger partial charge in [-0.2, -0.15) is 0 Å². The molecule has 4 nitrogen and oxygen atoms in total. The molecular formula is C22H27N3O. The smallest absolute Gasteiger partial charge is 0.223 e. The van der Waals surface area contributed by atoms with Crippen molar-refractivity contribution in [2.24, 2.45) is 29.6 Å². The molecule has 4 bridgehead atoms. The van der Waals surface area contributed by atoms with Crippen LogP contribution in [-0.4, -0.2) is 15.5 Å². The normalized spacial score (nSPS) is 31.9. The van der Waals surface area contributed by atoms with Crippen LogP contribution in [0.4, 0.5) is 0 Å². The molecule has 4 aliphatic carbocycles. The quantitative estimate of drug-likeness (QED) is 0.896. The third-order valence-electron chi connectivity index (χ3n) is 6.94. The average Bonchev–Trinajstić information content (AvgIpc) is 3.13. The summed E-state index contributed by atoms with van der Waals surface area (Å²) >= 11 is 0. The number of carbonyl (C=O) groups excluding carboxylic acids is 1. The van der Waals surface area contributed by atoms with Gasteiger partial charge in [-0.1, -0.05) is 24.3 Å². The summed E-state index contributed by atoms with van der Waals surface area (Å²) in [5.74, 6) is 3.74. The third kappa shape index (κ3) is 3.06. The number of amides is 1. The Hall–Kier alpha value is -2.10. The summed E-state index contributed by atoms with van der Waals surface area (Å²) < 4.78 is 2.06. The van der Waals surface area contributed by atoms with Crippen LogP contribution in [0.15, 0.2) is 43.0 Å². The number of nitrogens with one attached hydrogen (secondary N) is 1. The second-order valence-corrected chi connectivity index (χ2v) is 8.73. The van der Waals surface area contributed by atoms with Gasteiger partial charge < -0.3 is 9.88 Å². The molecule has 0 radical (unpaired) electrons. The molecule has 2 aromatic rings. The zero-order valence-electron chi connectivity index (χ0n) is 15.2. The highest BCUT2D eigenvalue weighted by Crippen LogP contribution is 2.56. The molecule has 0 atom stereocenters. The van der Waals surface area contributed by atoms with Gasteiger partial charge in [0.2, 0.25) is 5.91 Å². The molecular weight excluding hydrogens is 322 g/mol. The lowest BCUT2D eigenvalue weighted by Crippen LogP contribution is -2.50. The maximum atomic E-state index is 12.9. The fourth-order valence-corrected chi connectivity index (χ4v) is 6.01. The van der Waals surface area contributed by atoms with E-state index in [1.54, 1.807) is 6.20 Å². The van der Waals surface area contributed by atoms with Crippen LogP contribution in [-0.2, 0) is 17.9 Å². The lowest BCUT2D eigenvalue weighted by atomic mass is 9.51. The van der Waals surface area contributed by atoms with Crippen molar-refractivity contribution in [2.45, 2.75) is 45.2 Å². The maximum absolute atomic E-state index is 12.9. The first-order chi connectivity index (χ1) is 12.7. The van der Waals surface area contributed by atoms with Gasteiger partial charge in [0.25, 0.3) is 0 Å². The minimum atomic E-state index is 0.281. The molecule has 4 saturated carbocycles. The topological polar surface area (TPSA) is 46.9 Å². The zero-order chi connectivity index (χ0) is 17.5. The van der Waals surface area contributed by atoms with E-state index in [1.165, 1.54) is 43.2 Å². The zero-order valence-corrected chi connectivity index (χ0v) is 15.2. The van der Waals surface area contributed by atoms with Gasteiger partial charge in [-0.25, -0.2) is 4.98 Å². The van der Waals surface area contributed by atoms with Gasteiger partial charge in [0.05, 0.1) is 6.33 Å². The SMILES string of the molecule is O=C(NCc1ccc(Cn2ccnc2)cc1)C1C2CC3CC(C2)CC1C3. The summed E-state index contributed by atoms with van der Waals surface area (Å²) in [7, 11) is 0. The van der Waals surface area contributed by atoms with E-state index in [9.17, 15) is 4.79 Å². The summed E-state index contributed by atoms with van der Waals surface area (Å²) in [6, 6.07) is 8.54. The Bertz CT molecular complexity index is 737. The molecule has 1 N–H and O–H groups in total. The predicted octanol–water partition coefficient (Wildman–Crippen LogP) is 3.62. The largest absolute Gasteiger partial charge is 0.352 e. The van der Waals surface area contributed by atoms with Gasteiger partial charge in [-0.3, -0.25) is 4.79 Å². The molecule has 1 aromatic carbocycles. The highest BCUT2D eigenvalue weighted by atomic mass is 16.1. The highest BCUT2D eigenvalue weighted by Gasteiger charge is 2.50. The van der Waals surface area contributed by atoms with Crippen molar-refractivity contribution in [1.29, 1.82) is 0 Å². The number of hydrogen-bond donors (Lipinski definition) is 1. The van der Waals surface area contributed by atoms with E-state index in [2.05, 4.69) is 39.1 Å². The number of aromatic nitrogens is 2. The van der Waals surface area contributed by atoms with Gasteiger partial charge in [0, 0.05) is 31.4 Å². The first-order valence-electron chi connectivity index (χ1n) is 10.1. The van der Waals surface area contributed by atoms with Crippen molar-refractivity contribution in [3.05, 3.63) is 54.1 Å². The Morgan fingerprint density at radius 1 is 1.00 bits per heavy atom. The van der Waals surface area contributed by atoms with Gasteiger partial charge >= 0.3 is 0 Å². The van der Waals surface area contributed by atoms with Crippen LogP contribution in [0.2, 0.25) is 0 Å². The van der Waals surface area contributed by atoms with E-state index in [-0.39, 0.29) is 5.92 Å². The molecule has 6 rings (SSSR count). The minimum absolute atomic E-state index is 0.281. The molecule has 4 fully saturated rings. The van der Waals surface area contributed by atoms with E-state index in [1.807, 2.05) is 12.5 Å². The monoisotopic (exact) mass is 349 g/mol. The lowest BCUT2D eigenvalue weighted by Gasteiger charge is -2.53. The molecule has 1 heterocycles. The molecule has 4 heteroatoms. The number of hydrogen-bond acceptors (Lipinski definition) is 2. The fraction of sp³-hybridized carbons (Fsp3) is 0.545. The molecule has 0 unspecified atom stereocenters. The number of nitrogens with zero attached hydrogens (tertiary/aromatic N) is 2. The van der Waals surface area contributed by atoms with Crippen molar-refractivity contribution < 1.29 is 4.79 Å². The summed E-state index contributed by atoms with van der Waals surface area (Å²) in [6.07, 6.45) is 12.2. The second kappa shape index (κ2) is 6.57. The number of benzene rings is 1. The molecule has 0 spiro atoms. The number of carbonyl (C=O) groups is 1. The first kappa shape index (κ1) is 16.1. The molecule has 0 saturated heterocycles. The molecule has 1 amide bonds. The Morgan fingerprint density at radius 3 is 2.27 bits per heavy atom. The van der Waals surface area contributed by atoms with Crippen molar-refractivity contribution in [2.75, 3.05) is 0 Å². The minimum Gasteiger partial charge on any atom is -0.352 e. The number of imidazole rings is 1. The summed E-state index contributed by atoms with van der Waals surface area (Å²) in [4.78, 5) is 16.9. The third-order valence-corrected chi connectivity index (χ3v) is 6.94. The Labute approximate surface area is 155 Å². The Morgan fingerprint density at radius 2 is 1.65 bits per heavy atom. The Balaban J connectivity index is 1.18. The van der Waals surface area contributed by atoms with Crippen LogP contribution >= 0.6 is 0 Å². The van der Waals surface area contributed by atoms with Crippen molar-refractivity contribution in [3.8, 4) is 0 Å². The van der Waals surface area contributed by atoms with Crippen LogP contribution in [0.5, 0.6) is 0 Å². The van der Waals surface area contributed by atoms with Crippen LogP contribution in [0.3, 0.4) is 0 Å². The lowest BCUT2D eigenvalue weighted by molar-refractivity contribution is -0.138. The second-order valence-electron chi connectivity index (χ2n) is 8.73. The van der Waals surface area contributed by atoms with E-state index in [0.29, 0.717) is 24.3 Å². The summed E-state index contributed by atoms with van der Waals surface area (Å²) in [5.41, 5.74) is 2.43. The van der Waals surface area contributed by atoms with Gasteiger partial charge in [-0.05, 0) is 66.9 Å². The molecule has 26 heavy (non-hydrogen) atoms. The maximum Gasteiger partial charge on any atom is 0.223 e. The van der Waals surface area contributed by atoms with Crippen molar-refractivity contribution in [3.63, 3.8) is 0 Å². The average molecular weight is 349 g/mol. The van der Waals surface area contributed by atoms with Crippen molar-refractivity contribution >= 4 is 5.91 Å². The number of rotatable bonds is 5. The van der Waals surface area contributed by atoms with E-state index in [4.69, 9.17) is 0 Å². The molecule has 0 aliphatic heterocycles.